The van der Waals surface area contributed by atoms with Crippen molar-refractivity contribution in [3.05, 3.63) is 21.3 Å². The lowest BCUT2D eigenvalue weighted by molar-refractivity contribution is 0.0287. The van der Waals surface area contributed by atoms with Crippen molar-refractivity contribution in [1.82, 2.24) is 5.32 Å². The minimum absolute atomic E-state index is 0.292. The Balaban J connectivity index is 2.66. The Morgan fingerprint density at radius 1 is 1.33 bits per heavy atom. The fourth-order valence-electron chi connectivity index (χ4n) is 2.17. The van der Waals surface area contributed by atoms with Gasteiger partial charge >= 0.3 is 0 Å². The van der Waals surface area contributed by atoms with E-state index < -0.39 is 0 Å². The molecule has 0 bridgehead atoms. The molecule has 1 heterocycles. The van der Waals surface area contributed by atoms with Crippen molar-refractivity contribution in [3.8, 4) is 0 Å². The maximum absolute atomic E-state index is 5.99. The standard InChI is InChI=1S/C14H24ClNOS/c1-4-7-13(17-6-3)12(16-5-2)10-11-8-9-14(15)18-11/h8-9,12-13,16H,4-7,10H2,1-3H3. The lowest BCUT2D eigenvalue weighted by Crippen LogP contribution is -2.42. The number of nitrogens with one attached hydrogen (secondary N) is 1. The van der Waals surface area contributed by atoms with Gasteiger partial charge in [0.1, 0.15) is 0 Å². The summed E-state index contributed by atoms with van der Waals surface area (Å²) in [5.41, 5.74) is 0. The van der Waals surface area contributed by atoms with Crippen LogP contribution < -0.4 is 5.32 Å². The van der Waals surface area contributed by atoms with E-state index in [-0.39, 0.29) is 0 Å². The summed E-state index contributed by atoms with van der Waals surface area (Å²) in [5, 5.41) is 3.55. The van der Waals surface area contributed by atoms with Crippen molar-refractivity contribution in [1.29, 1.82) is 0 Å². The van der Waals surface area contributed by atoms with Crippen LogP contribution in [0.2, 0.25) is 4.34 Å². The molecule has 0 aromatic carbocycles. The van der Waals surface area contributed by atoms with Crippen LogP contribution in [0.25, 0.3) is 0 Å². The largest absolute Gasteiger partial charge is 0.377 e. The highest BCUT2D eigenvalue weighted by Gasteiger charge is 2.21. The van der Waals surface area contributed by atoms with Gasteiger partial charge in [-0.25, -0.2) is 0 Å². The molecule has 18 heavy (non-hydrogen) atoms. The van der Waals surface area contributed by atoms with Gasteiger partial charge in [-0.05, 0) is 38.4 Å². The minimum Gasteiger partial charge on any atom is -0.377 e. The summed E-state index contributed by atoms with van der Waals surface area (Å²) in [6.07, 6.45) is 3.54. The fraction of sp³-hybridized carbons (Fsp3) is 0.714. The van der Waals surface area contributed by atoms with E-state index in [1.807, 2.05) is 6.07 Å². The van der Waals surface area contributed by atoms with Crippen molar-refractivity contribution in [2.45, 2.75) is 52.2 Å². The molecule has 1 aromatic heterocycles. The molecule has 0 aliphatic heterocycles. The Morgan fingerprint density at radius 2 is 2.11 bits per heavy atom. The van der Waals surface area contributed by atoms with E-state index in [2.05, 4.69) is 32.2 Å². The molecule has 1 rings (SSSR count). The van der Waals surface area contributed by atoms with Crippen molar-refractivity contribution < 1.29 is 4.74 Å². The molecule has 0 spiro atoms. The summed E-state index contributed by atoms with van der Waals surface area (Å²) < 4.78 is 6.75. The van der Waals surface area contributed by atoms with Gasteiger partial charge in [0.2, 0.25) is 0 Å². The monoisotopic (exact) mass is 289 g/mol. The molecule has 1 N–H and O–H groups in total. The third-order valence-electron chi connectivity index (χ3n) is 2.92. The molecule has 104 valence electrons. The van der Waals surface area contributed by atoms with E-state index in [4.69, 9.17) is 16.3 Å². The SMILES string of the molecule is CCCC(OCC)C(Cc1ccc(Cl)s1)NCC. The van der Waals surface area contributed by atoms with Gasteiger partial charge in [0, 0.05) is 17.5 Å². The number of hydrogen-bond acceptors (Lipinski definition) is 3. The minimum atomic E-state index is 0.292. The van der Waals surface area contributed by atoms with Crippen LogP contribution in [-0.2, 0) is 11.2 Å². The number of halogens is 1. The maximum atomic E-state index is 5.99. The lowest BCUT2D eigenvalue weighted by Gasteiger charge is -2.27. The summed E-state index contributed by atoms with van der Waals surface area (Å²) in [6.45, 7) is 8.16. The summed E-state index contributed by atoms with van der Waals surface area (Å²) in [5.74, 6) is 0. The zero-order chi connectivity index (χ0) is 13.4. The smallest absolute Gasteiger partial charge is 0.0931 e. The predicted molar refractivity (Wildman–Crippen MR) is 80.8 cm³/mol. The first-order valence-corrected chi connectivity index (χ1v) is 7.99. The first-order valence-electron chi connectivity index (χ1n) is 6.80. The van der Waals surface area contributed by atoms with Crippen LogP contribution in [0, 0.1) is 0 Å². The zero-order valence-corrected chi connectivity index (χ0v) is 13.1. The molecule has 2 atom stereocenters. The highest BCUT2D eigenvalue weighted by molar-refractivity contribution is 7.16. The van der Waals surface area contributed by atoms with Crippen LogP contribution in [0.4, 0.5) is 0 Å². The second-order valence-electron chi connectivity index (χ2n) is 4.36. The molecule has 2 unspecified atom stereocenters. The number of hydrogen-bond donors (Lipinski definition) is 1. The van der Waals surface area contributed by atoms with Gasteiger partial charge in [0.05, 0.1) is 10.4 Å². The Labute approximate surface area is 120 Å². The summed E-state index contributed by atoms with van der Waals surface area (Å²) in [7, 11) is 0. The van der Waals surface area contributed by atoms with Crippen molar-refractivity contribution in [2.75, 3.05) is 13.2 Å². The molecular formula is C14H24ClNOS. The molecule has 0 radical (unpaired) electrons. The molecular weight excluding hydrogens is 266 g/mol. The molecule has 0 fully saturated rings. The average Bonchev–Trinajstić information content (AvgIpc) is 2.74. The molecule has 1 aromatic rings. The van der Waals surface area contributed by atoms with E-state index in [0.717, 1.165) is 36.8 Å². The van der Waals surface area contributed by atoms with Gasteiger partial charge in [-0.1, -0.05) is 31.9 Å². The second-order valence-corrected chi connectivity index (χ2v) is 6.16. The van der Waals surface area contributed by atoms with Gasteiger partial charge in [-0.15, -0.1) is 11.3 Å². The van der Waals surface area contributed by atoms with Gasteiger partial charge in [-0.2, -0.15) is 0 Å². The zero-order valence-electron chi connectivity index (χ0n) is 11.5. The van der Waals surface area contributed by atoms with E-state index >= 15 is 0 Å². The normalized spacial score (nSPS) is 14.7. The Hall–Kier alpha value is -0.0900. The topological polar surface area (TPSA) is 21.3 Å². The van der Waals surface area contributed by atoms with Crippen LogP contribution in [0.5, 0.6) is 0 Å². The van der Waals surface area contributed by atoms with Gasteiger partial charge < -0.3 is 10.1 Å². The fourth-order valence-corrected chi connectivity index (χ4v) is 3.32. The molecule has 4 heteroatoms. The Kier molecular flexibility index (Phi) is 7.91. The van der Waals surface area contributed by atoms with E-state index in [9.17, 15) is 0 Å². The summed E-state index contributed by atoms with van der Waals surface area (Å²) in [6, 6.07) is 4.47. The van der Waals surface area contributed by atoms with E-state index in [1.54, 1.807) is 11.3 Å². The highest BCUT2D eigenvalue weighted by atomic mass is 35.5. The van der Waals surface area contributed by atoms with Gasteiger partial charge in [-0.3, -0.25) is 0 Å². The number of rotatable bonds is 9. The first-order chi connectivity index (χ1) is 8.71. The quantitative estimate of drug-likeness (QED) is 0.738. The average molecular weight is 290 g/mol. The van der Waals surface area contributed by atoms with Crippen LogP contribution >= 0.6 is 22.9 Å². The molecule has 0 amide bonds. The maximum Gasteiger partial charge on any atom is 0.0931 e. The van der Waals surface area contributed by atoms with Gasteiger partial charge in [0.25, 0.3) is 0 Å². The summed E-state index contributed by atoms with van der Waals surface area (Å²) in [4.78, 5) is 1.33. The Bertz CT molecular complexity index is 323. The lowest BCUT2D eigenvalue weighted by atomic mass is 10.0. The summed E-state index contributed by atoms with van der Waals surface area (Å²) >= 11 is 7.66. The van der Waals surface area contributed by atoms with E-state index in [1.165, 1.54) is 4.88 Å². The Morgan fingerprint density at radius 3 is 2.61 bits per heavy atom. The van der Waals surface area contributed by atoms with Crippen molar-refractivity contribution in [3.63, 3.8) is 0 Å². The van der Waals surface area contributed by atoms with Crippen LogP contribution in [0.1, 0.15) is 38.5 Å². The molecule has 0 aliphatic rings. The third-order valence-corrected chi connectivity index (χ3v) is 4.17. The third kappa shape index (κ3) is 5.27. The highest BCUT2D eigenvalue weighted by Crippen LogP contribution is 2.24. The number of likely N-dealkylation sites (N-methyl/N-ethyl adjacent to an activating group) is 1. The molecule has 2 nitrogen and oxygen atoms in total. The predicted octanol–water partition coefficient (Wildman–Crippen LogP) is 4.13. The first kappa shape index (κ1) is 16.0. The molecule has 0 saturated heterocycles. The molecule has 0 saturated carbocycles. The van der Waals surface area contributed by atoms with Crippen molar-refractivity contribution >= 4 is 22.9 Å². The van der Waals surface area contributed by atoms with Crippen LogP contribution in [0.15, 0.2) is 12.1 Å². The number of thiophene rings is 1. The van der Waals surface area contributed by atoms with Crippen LogP contribution in [0.3, 0.4) is 0 Å². The van der Waals surface area contributed by atoms with Crippen molar-refractivity contribution in [2.24, 2.45) is 0 Å². The van der Waals surface area contributed by atoms with E-state index in [0.29, 0.717) is 12.1 Å². The second kappa shape index (κ2) is 8.92. The molecule has 0 aliphatic carbocycles. The number of ether oxygens (including phenoxy) is 1. The van der Waals surface area contributed by atoms with Gasteiger partial charge in [0.15, 0.2) is 0 Å². The van der Waals surface area contributed by atoms with Crippen LogP contribution in [-0.4, -0.2) is 25.3 Å².